The van der Waals surface area contributed by atoms with E-state index >= 15 is 0 Å². The van der Waals surface area contributed by atoms with Crippen LogP contribution < -0.4 is 5.32 Å². The lowest BCUT2D eigenvalue weighted by Gasteiger charge is -2.17. The number of thiophene rings is 1. The van der Waals surface area contributed by atoms with E-state index in [1.54, 1.807) is 0 Å². The van der Waals surface area contributed by atoms with E-state index in [-0.39, 0.29) is 0 Å². The van der Waals surface area contributed by atoms with Gasteiger partial charge in [0, 0.05) is 20.4 Å². The normalized spacial score (nSPS) is 12.6. The number of benzene rings is 1. The van der Waals surface area contributed by atoms with Crippen molar-refractivity contribution in [3.63, 3.8) is 0 Å². The number of aryl methyl sites for hydroxylation is 1. The molecule has 1 nitrogen and oxygen atoms in total. The SMILES string of the molecule is CCCNC(CSc1ccccc1Cl)c1ccc(C)s1. The van der Waals surface area contributed by atoms with Crippen molar-refractivity contribution in [2.75, 3.05) is 12.3 Å². The lowest BCUT2D eigenvalue weighted by Crippen LogP contribution is -2.23. The summed E-state index contributed by atoms with van der Waals surface area (Å²) in [6, 6.07) is 12.9. The van der Waals surface area contributed by atoms with Crippen molar-refractivity contribution < 1.29 is 0 Å². The Morgan fingerprint density at radius 3 is 2.70 bits per heavy atom. The summed E-state index contributed by atoms with van der Waals surface area (Å²) in [5.41, 5.74) is 0. The highest BCUT2D eigenvalue weighted by Crippen LogP contribution is 2.32. The number of nitrogens with one attached hydrogen (secondary N) is 1. The Labute approximate surface area is 134 Å². The molecule has 0 aliphatic carbocycles. The van der Waals surface area contributed by atoms with Gasteiger partial charge >= 0.3 is 0 Å². The molecule has 1 aromatic carbocycles. The summed E-state index contributed by atoms with van der Waals surface area (Å²) in [5.74, 6) is 1.00. The van der Waals surface area contributed by atoms with Gasteiger partial charge in [0.1, 0.15) is 0 Å². The van der Waals surface area contributed by atoms with Crippen LogP contribution in [0, 0.1) is 6.92 Å². The van der Waals surface area contributed by atoms with Crippen molar-refractivity contribution in [3.8, 4) is 0 Å². The summed E-state index contributed by atoms with van der Waals surface area (Å²) >= 11 is 9.92. The first-order chi connectivity index (χ1) is 9.70. The van der Waals surface area contributed by atoms with E-state index in [1.165, 1.54) is 9.75 Å². The van der Waals surface area contributed by atoms with E-state index in [2.05, 4.69) is 37.4 Å². The molecule has 20 heavy (non-hydrogen) atoms. The van der Waals surface area contributed by atoms with Gasteiger partial charge < -0.3 is 5.32 Å². The molecule has 1 aromatic heterocycles. The molecule has 2 aromatic rings. The Balaban J connectivity index is 2.03. The van der Waals surface area contributed by atoms with Crippen LogP contribution in [0.3, 0.4) is 0 Å². The molecule has 0 bridgehead atoms. The highest BCUT2D eigenvalue weighted by atomic mass is 35.5. The van der Waals surface area contributed by atoms with E-state index in [1.807, 2.05) is 41.3 Å². The lowest BCUT2D eigenvalue weighted by atomic mass is 10.2. The number of halogens is 1. The maximum atomic E-state index is 6.22. The maximum absolute atomic E-state index is 6.22. The van der Waals surface area contributed by atoms with E-state index < -0.39 is 0 Å². The molecule has 1 heterocycles. The van der Waals surface area contributed by atoms with Gasteiger partial charge in [0.15, 0.2) is 0 Å². The van der Waals surface area contributed by atoms with Crippen LogP contribution in [0.2, 0.25) is 5.02 Å². The van der Waals surface area contributed by atoms with Crippen molar-refractivity contribution in [2.24, 2.45) is 0 Å². The summed E-state index contributed by atoms with van der Waals surface area (Å²) in [5, 5.41) is 4.48. The summed E-state index contributed by atoms with van der Waals surface area (Å²) in [4.78, 5) is 3.94. The second-order valence-electron chi connectivity index (χ2n) is 4.70. The fraction of sp³-hybridized carbons (Fsp3) is 0.375. The lowest BCUT2D eigenvalue weighted by molar-refractivity contribution is 0.585. The number of thioether (sulfide) groups is 1. The zero-order chi connectivity index (χ0) is 14.4. The van der Waals surface area contributed by atoms with E-state index in [0.717, 1.165) is 28.6 Å². The van der Waals surface area contributed by atoms with Crippen LogP contribution in [0.15, 0.2) is 41.3 Å². The molecule has 0 spiro atoms. The molecule has 0 amide bonds. The quantitative estimate of drug-likeness (QED) is 0.670. The molecule has 1 atom stereocenters. The van der Waals surface area contributed by atoms with E-state index in [4.69, 9.17) is 11.6 Å². The van der Waals surface area contributed by atoms with Crippen molar-refractivity contribution in [1.82, 2.24) is 5.32 Å². The van der Waals surface area contributed by atoms with Gasteiger partial charge in [-0.25, -0.2) is 0 Å². The molecule has 0 saturated heterocycles. The molecule has 0 aliphatic rings. The first kappa shape index (κ1) is 15.9. The Bertz CT molecular complexity index is 539. The van der Waals surface area contributed by atoms with Crippen molar-refractivity contribution in [1.29, 1.82) is 0 Å². The Morgan fingerprint density at radius 2 is 2.05 bits per heavy atom. The highest BCUT2D eigenvalue weighted by Gasteiger charge is 2.13. The van der Waals surface area contributed by atoms with Gasteiger partial charge in [0.25, 0.3) is 0 Å². The van der Waals surface area contributed by atoms with Crippen LogP contribution in [0.1, 0.15) is 29.1 Å². The zero-order valence-electron chi connectivity index (χ0n) is 11.9. The van der Waals surface area contributed by atoms with Crippen molar-refractivity contribution in [2.45, 2.75) is 31.2 Å². The number of hydrogen-bond donors (Lipinski definition) is 1. The second-order valence-corrected chi connectivity index (χ2v) is 7.49. The summed E-state index contributed by atoms with van der Waals surface area (Å²) in [7, 11) is 0. The Morgan fingerprint density at radius 1 is 1.25 bits per heavy atom. The van der Waals surface area contributed by atoms with Gasteiger partial charge in [-0.2, -0.15) is 0 Å². The molecule has 4 heteroatoms. The second kappa shape index (κ2) is 8.08. The Kier molecular flexibility index (Phi) is 6.43. The number of hydrogen-bond acceptors (Lipinski definition) is 3. The zero-order valence-corrected chi connectivity index (χ0v) is 14.2. The predicted molar refractivity (Wildman–Crippen MR) is 92.3 cm³/mol. The van der Waals surface area contributed by atoms with Gasteiger partial charge in [0.05, 0.1) is 11.1 Å². The largest absolute Gasteiger partial charge is 0.309 e. The molecule has 108 valence electrons. The monoisotopic (exact) mass is 325 g/mol. The van der Waals surface area contributed by atoms with Crippen LogP contribution >= 0.6 is 34.7 Å². The Hall–Kier alpha value is -0.480. The minimum atomic E-state index is 0.398. The first-order valence-electron chi connectivity index (χ1n) is 6.87. The fourth-order valence-electron chi connectivity index (χ4n) is 1.94. The molecular formula is C16H20ClNS2. The average molecular weight is 326 g/mol. The molecule has 1 unspecified atom stereocenters. The summed E-state index contributed by atoms with van der Waals surface area (Å²) in [6.07, 6.45) is 1.15. The van der Waals surface area contributed by atoms with Crippen LogP contribution in [0.4, 0.5) is 0 Å². The minimum Gasteiger partial charge on any atom is -0.309 e. The van der Waals surface area contributed by atoms with Crippen LogP contribution in [0.5, 0.6) is 0 Å². The maximum Gasteiger partial charge on any atom is 0.0541 e. The molecular weight excluding hydrogens is 306 g/mol. The molecule has 1 N–H and O–H groups in total. The summed E-state index contributed by atoms with van der Waals surface area (Å²) < 4.78 is 0. The topological polar surface area (TPSA) is 12.0 Å². The van der Waals surface area contributed by atoms with Crippen molar-refractivity contribution in [3.05, 3.63) is 51.2 Å². The first-order valence-corrected chi connectivity index (χ1v) is 9.05. The fourth-order valence-corrected chi connectivity index (χ4v) is 4.32. The van der Waals surface area contributed by atoms with Crippen molar-refractivity contribution >= 4 is 34.7 Å². The summed E-state index contributed by atoms with van der Waals surface area (Å²) in [6.45, 7) is 5.40. The van der Waals surface area contributed by atoms with E-state index in [9.17, 15) is 0 Å². The third-order valence-corrected chi connectivity index (χ3v) is 5.71. The number of rotatable bonds is 7. The van der Waals surface area contributed by atoms with Crippen LogP contribution in [-0.2, 0) is 0 Å². The molecule has 0 aliphatic heterocycles. The molecule has 0 radical (unpaired) electrons. The molecule has 2 rings (SSSR count). The minimum absolute atomic E-state index is 0.398. The smallest absolute Gasteiger partial charge is 0.0541 e. The van der Waals surface area contributed by atoms with E-state index in [0.29, 0.717) is 6.04 Å². The third-order valence-electron chi connectivity index (χ3n) is 2.99. The average Bonchev–Trinajstić information content (AvgIpc) is 2.87. The van der Waals surface area contributed by atoms with Crippen LogP contribution in [-0.4, -0.2) is 12.3 Å². The third kappa shape index (κ3) is 4.52. The van der Waals surface area contributed by atoms with Crippen LogP contribution in [0.25, 0.3) is 0 Å². The predicted octanol–water partition coefficient (Wildman–Crippen LogP) is 5.54. The van der Waals surface area contributed by atoms with Gasteiger partial charge in [0.2, 0.25) is 0 Å². The van der Waals surface area contributed by atoms with Gasteiger partial charge in [-0.05, 0) is 44.2 Å². The standard InChI is InChI=1S/C16H20ClNS2/c1-3-10-18-14(16-9-8-12(2)20-16)11-19-15-7-5-4-6-13(15)17/h4-9,14,18H,3,10-11H2,1-2H3. The van der Waals surface area contributed by atoms with Gasteiger partial charge in [-0.15, -0.1) is 23.1 Å². The van der Waals surface area contributed by atoms with Gasteiger partial charge in [-0.1, -0.05) is 30.7 Å². The van der Waals surface area contributed by atoms with Gasteiger partial charge in [-0.3, -0.25) is 0 Å². The molecule has 0 fully saturated rings. The highest BCUT2D eigenvalue weighted by molar-refractivity contribution is 7.99. The molecule has 0 saturated carbocycles.